The van der Waals surface area contributed by atoms with Crippen molar-refractivity contribution in [1.29, 1.82) is 0 Å². The van der Waals surface area contributed by atoms with Crippen LogP contribution in [0.4, 0.5) is 0 Å². The molecule has 0 saturated heterocycles. The standard InChI is InChI=1S/C21H24N4O2/c1-21(2,3)18-12-19-23-15(20(26)22-13-9-10-13)11-16(25(19)24-18)14-7-5-6-8-17(14)27-4/h5-8,11-13H,9-10H2,1-4H3,(H,22,26). The molecule has 0 radical (unpaired) electrons. The Morgan fingerprint density at radius 2 is 1.96 bits per heavy atom. The number of amides is 1. The van der Waals surface area contributed by atoms with E-state index in [1.54, 1.807) is 17.7 Å². The van der Waals surface area contributed by atoms with Gasteiger partial charge in [-0.05, 0) is 31.0 Å². The topological polar surface area (TPSA) is 68.5 Å². The lowest BCUT2D eigenvalue weighted by Crippen LogP contribution is -2.26. The number of hydrogen-bond acceptors (Lipinski definition) is 4. The Balaban J connectivity index is 1.93. The van der Waals surface area contributed by atoms with Gasteiger partial charge in [0, 0.05) is 23.1 Å². The summed E-state index contributed by atoms with van der Waals surface area (Å²) >= 11 is 0. The molecule has 1 fully saturated rings. The van der Waals surface area contributed by atoms with Crippen LogP contribution in [0, 0.1) is 0 Å². The molecule has 6 nitrogen and oxygen atoms in total. The number of para-hydroxylation sites is 1. The van der Waals surface area contributed by atoms with Crippen LogP contribution in [-0.4, -0.2) is 33.7 Å². The fourth-order valence-electron chi connectivity index (χ4n) is 2.99. The smallest absolute Gasteiger partial charge is 0.270 e. The summed E-state index contributed by atoms with van der Waals surface area (Å²) in [6, 6.07) is 11.8. The van der Waals surface area contributed by atoms with Crippen molar-refractivity contribution in [3.63, 3.8) is 0 Å². The van der Waals surface area contributed by atoms with Crippen molar-refractivity contribution in [2.24, 2.45) is 0 Å². The Labute approximate surface area is 158 Å². The van der Waals surface area contributed by atoms with Crippen molar-refractivity contribution in [1.82, 2.24) is 19.9 Å². The molecule has 2 aromatic heterocycles. The molecule has 0 aliphatic heterocycles. The summed E-state index contributed by atoms with van der Waals surface area (Å²) in [4.78, 5) is 17.2. The number of rotatable bonds is 4. The average molecular weight is 364 g/mol. The number of nitrogens with one attached hydrogen (secondary N) is 1. The number of hydrogen-bond donors (Lipinski definition) is 1. The first-order chi connectivity index (χ1) is 12.9. The zero-order chi connectivity index (χ0) is 19.2. The molecule has 4 rings (SSSR count). The van der Waals surface area contributed by atoms with E-state index in [1.165, 1.54) is 0 Å². The lowest BCUT2D eigenvalue weighted by molar-refractivity contribution is 0.0946. The molecule has 1 saturated carbocycles. The molecule has 1 aliphatic carbocycles. The van der Waals surface area contributed by atoms with E-state index in [9.17, 15) is 4.79 Å². The van der Waals surface area contributed by atoms with E-state index in [4.69, 9.17) is 9.84 Å². The lowest BCUT2D eigenvalue weighted by atomic mass is 9.93. The van der Waals surface area contributed by atoms with Crippen molar-refractivity contribution >= 4 is 11.6 Å². The van der Waals surface area contributed by atoms with Gasteiger partial charge >= 0.3 is 0 Å². The Morgan fingerprint density at radius 3 is 2.63 bits per heavy atom. The molecule has 0 unspecified atom stereocenters. The second-order valence-electron chi connectivity index (χ2n) is 8.02. The normalized spacial score (nSPS) is 14.4. The molecule has 0 bridgehead atoms. The summed E-state index contributed by atoms with van der Waals surface area (Å²) < 4.78 is 7.33. The molecule has 0 spiro atoms. The first kappa shape index (κ1) is 17.5. The first-order valence-electron chi connectivity index (χ1n) is 9.22. The lowest BCUT2D eigenvalue weighted by Gasteiger charge is -2.14. The number of aromatic nitrogens is 3. The maximum absolute atomic E-state index is 12.6. The number of nitrogens with zero attached hydrogens (tertiary/aromatic N) is 3. The molecule has 3 aromatic rings. The minimum atomic E-state index is -0.144. The predicted molar refractivity (Wildman–Crippen MR) is 104 cm³/mol. The molecule has 140 valence electrons. The Hall–Kier alpha value is -2.89. The van der Waals surface area contributed by atoms with Gasteiger partial charge in [0.25, 0.3) is 5.91 Å². The van der Waals surface area contributed by atoms with Crippen molar-refractivity contribution in [3.05, 3.63) is 47.8 Å². The molecule has 27 heavy (non-hydrogen) atoms. The van der Waals surface area contributed by atoms with Gasteiger partial charge in [0.05, 0.1) is 18.5 Å². The molecule has 1 aromatic carbocycles. The third-order valence-corrected chi connectivity index (χ3v) is 4.72. The highest BCUT2D eigenvalue weighted by Gasteiger charge is 2.26. The number of fused-ring (bicyclic) bond motifs is 1. The molecule has 1 amide bonds. The monoisotopic (exact) mass is 364 g/mol. The zero-order valence-electron chi connectivity index (χ0n) is 16.1. The molecular formula is C21H24N4O2. The van der Waals surface area contributed by atoms with Crippen molar-refractivity contribution < 1.29 is 9.53 Å². The number of methoxy groups -OCH3 is 1. The summed E-state index contributed by atoms with van der Waals surface area (Å²) in [5.41, 5.74) is 3.51. The second kappa shape index (κ2) is 6.37. The van der Waals surface area contributed by atoms with E-state index in [2.05, 4.69) is 31.1 Å². The fraction of sp³-hybridized carbons (Fsp3) is 0.381. The summed E-state index contributed by atoms with van der Waals surface area (Å²) in [5.74, 6) is 0.584. The minimum absolute atomic E-state index is 0.123. The summed E-state index contributed by atoms with van der Waals surface area (Å²) in [6.45, 7) is 6.33. The van der Waals surface area contributed by atoms with E-state index in [0.717, 1.165) is 35.5 Å². The van der Waals surface area contributed by atoms with Gasteiger partial charge in [-0.1, -0.05) is 32.9 Å². The third-order valence-electron chi connectivity index (χ3n) is 4.72. The summed E-state index contributed by atoms with van der Waals surface area (Å²) in [6.07, 6.45) is 2.07. The highest BCUT2D eigenvalue weighted by Crippen LogP contribution is 2.32. The largest absolute Gasteiger partial charge is 0.496 e. The van der Waals surface area contributed by atoms with Gasteiger partial charge in [-0.25, -0.2) is 9.50 Å². The third kappa shape index (κ3) is 3.39. The van der Waals surface area contributed by atoms with Crippen LogP contribution in [0.1, 0.15) is 49.8 Å². The molecule has 2 heterocycles. The van der Waals surface area contributed by atoms with Crippen LogP contribution in [0.15, 0.2) is 36.4 Å². The van der Waals surface area contributed by atoms with Crippen LogP contribution >= 0.6 is 0 Å². The molecule has 1 aliphatic rings. The maximum atomic E-state index is 12.6. The number of benzene rings is 1. The van der Waals surface area contributed by atoms with Crippen molar-refractivity contribution in [3.8, 4) is 17.0 Å². The van der Waals surface area contributed by atoms with Crippen LogP contribution in [0.2, 0.25) is 0 Å². The minimum Gasteiger partial charge on any atom is -0.496 e. The van der Waals surface area contributed by atoms with Crippen LogP contribution in [0.5, 0.6) is 5.75 Å². The molecule has 0 atom stereocenters. The fourth-order valence-corrected chi connectivity index (χ4v) is 2.99. The molecule has 6 heteroatoms. The van der Waals surface area contributed by atoms with Crippen LogP contribution in [-0.2, 0) is 5.41 Å². The molecule has 1 N–H and O–H groups in total. The highest BCUT2D eigenvalue weighted by molar-refractivity contribution is 5.94. The van der Waals surface area contributed by atoms with Crippen molar-refractivity contribution in [2.45, 2.75) is 45.1 Å². The summed E-state index contributed by atoms with van der Waals surface area (Å²) in [7, 11) is 1.64. The number of ether oxygens (including phenoxy) is 1. The predicted octanol–water partition coefficient (Wildman–Crippen LogP) is 3.59. The SMILES string of the molecule is COc1ccccc1-c1cc(C(=O)NC2CC2)nc2cc(C(C)(C)C)nn12. The van der Waals surface area contributed by atoms with Gasteiger partial charge in [-0.2, -0.15) is 5.10 Å². The van der Waals surface area contributed by atoms with Gasteiger partial charge in [0.1, 0.15) is 11.4 Å². The van der Waals surface area contributed by atoms with Gasteiger partial charge in [-0.3, -0.25) is 4.79 Å². The van der Waals surface area contributed by atoms with Crippen LogP contribution in [0.25, 0.3) is 16.9 Å². The van der Waals surface area contributed by atoms with E-state index in [1.807, 2.05) is 30.3 Å². The Bertz CT molecular complexity index is 1010. The average Bonchev–Trinajstić information content (AvgIpc) is 3.33. The Kier molecular flexibility index (Phi) is 4.13. The number of carbonyl (C=O) groups excluding carboxylic acids is 1. The van der Waals surface area contributed by atoms with E-state index < -0.39 is 0 Å². The quantitative estimate of drug-likeness (QED) is 0.768. The van der Waals surface area contributed by atoms with Gasteiger partial charge in [0.15, 0.2) is 5.65 Å². The van der Waals surface area contributed by atoms with Crippen LogP contribution < -0.4 is 10.1 Å². The van der Waals surface area contributed by atoms with Gasteiger partial charge in [-0.15, -0.1) is 0 Å². The Morgan fingerprint density at radius 1 is 1.22 bits per heavy atom. The van der Waals surface area contributed by atoms with Crippen LogP contribution in [0.3, 0.4) is 0 Å². The first-order valence-corrected chi connectivity index (χ1v) is 9.22. The van der Waals surface area contributed by atoms with E-state index in [-0.39, 0.29) is 17.4 Å². The second-order valence-corrected chi connectivity index (χ2v) is 8.02. The van der Waals surface area contributed by atoms with Gasteiger partial charge < -0.3 is 10.1 Å². The van der Waals surface area contributed by atoms with E-state index in [0.29, 0.717) is 11.3 Å². The highest BCUT2D eigenvalue weighted by atomic mass is 16.5. The van der Waals surface area contributed by atoms with Gasteiger partial charge in [0.2, 0.25) is 0 Å². The zero-order valence-corrected chi connectivity index (χ0v) is 16.1. The number of carbonyl (C=O) groups is 1. The van der Waals surface area contributed by atoms with Crippen molar-refractivity contribution in [2.75, 3.05) is 7.11 Å². The van der Waals surface area contributed by atoms with E-state index >= 15 is 0 Å². The molecular weight excluding hydrogens is 340 g/mol. The summed E-state index contributed by atoms with van der Waals surface area (Å²) in [5, 5.41) is 7.79. The maximum Gasteiger partial charge on any atom is 0.270 e.